The van der Waals surface area contributed by atoms with Gasteiger partial charge < -0.3 is 20.4 Å². The highest BCUT2D eigenvalue weighted by molar-refractivity contribution is 7.11. The minimum absolute atomic E-state index is 0.0387. The van der Waals surface area contributed by atoms with Crippen molar-refractivity contribution in [2.45, 2.75) is 58.7 Å². The van der Waals surface area contributed by atoms with Gasteiger partial charge in [-0.1, -0.05) is 23.5 Å². The highest BCUT2D eigenvalue weighted by Crippen LogP contribution is 2.45. The van der Waals surface area contributed by atoms with Gasteiger partial charge in [-0.25, -0.2) is 15.2 Å². The molecule has 0 radical (unpaired) electrons. The molecule has 1 aliphatic carbocycles. The third-order valence-corrected chi connectivity index (χ3v) is 7.43. The zero-order valence-corrected chi connectivity index (χ0v) is 22.4. The Morgan fingerprint density at radius 2 is 1.97 bits per heavy atom. The Labute approximate surface area is 220 Å². The highest BCUT2D eigenvalue weighted by atomic mass is 32.1. The first-order chi connectivity index (χ1) is 17.9. The summed E-state index contributed by atoms with van der Waals surface area (Å²) in [5.74, 6) is 0.779. The Morgan fingerprint density at radius 3 is 2.57 bits per heavy atom. The van der Waals surface area contributed by atoms with Crippen LogP contribution in [0.2, 0.25) is 0 Å². The van der Waals surface area contributed by atoms with Crippen molar-refractivity contribution in [3.8, 4) is 17.0 Å². The second kappa shape index (κ2) is 10.4. The van der Waals surface area contributed by atoms with E-state index in [-0.39, 0.29) is 12.1 Å². The van der Waals surface area contributed by atoms with Crippen LogP contribution in [0, 0.1) is 6.92 Å². The molecule has 2 amide bonds. The number of fused-ring (bicyclic) bond motifs is 1. The van der Waals surface area contributed by atoms with Gasteiger partial charge in [-0.15, -0.1) is 10.2 Å². The highest BCUT2D eigenvalue weighted by Gasteiger charge is 2.27. The number of nitrogens with two attached hydrogens (primary N) is 1. The monoisotopic (exact) mass is 519 g/mol. The summed E-state index contributed by atoms with van der Waals surface area (Å²) in [6, 6.07) is 14.2. The molecule has 9 nitrogen and oxygen atoms in total. The van der Waals surface area contributed by atoms with E-state index in [4.69, 9.17) is 10.5 Å². The molecular formula is C27H33N7O2S. The van der Waals surface area contributed by atoms with Crippen LogP contribution in [0.25, 0.3) is 22.2 Å². The SMILES string of the molecule is CNN(C(=O)NC(C)C)c1ccc(-c2c(N)c3ccc(OCc4nnc(C)s4)cc3n2C2CCC2)cc1. The first-order valence-electron chi connectivity index (χ1n) is 12.6. The zero-order chi connectivity index (χ0) is 26.1. The first-order valence-corrected chi connectivity index (χ1v) is 13.4. The molecule has 10 heteroatoms. The van der Waals surface area contributed by atoms with Crippen molar-refractivity contribution in [1.29, 1.82) is 0 Å². The number of nitrogen functional groups attached to an aromatic ring is 1. The van der Waals surface area contributed by atoms with Gasteiger partial charge in [0.25, 0.3) is 0 Å². The molecule has 1 aliphatic rings. The molecule has 0 atom stereocenters. The van der Waals surface area contributed by atoms with E-state index in [0.29, 0.717) is 12.6 Å². The Balaban J connectivity index is 1.49. The third-order valence-electron chi connectivity index (χ3n) is 6.62. The lowest BCUT2D eigenvalue weighted by atomic mass is 9.92. The molecule has 5 rings (SSSR count). The van der Waals surface area contributed by atoms with Crippen LogP contribution in [0.5, 0.6) is 5.75 Å². The van der Waals surface area contributed by atoms with Gasteiger partial charge in [0.1, 0.15) is 17.4 Å². The Morgan fingerprint density at radius 1 is 1.22 bits per heavy atom. The summed E-state index contributed by atoms with van der Waals surface area (Å²) in [5.41, 5.74) is 14.3. The largest absolute Gasteiger partial charge is 0.486 e. The molecule has 1 saturated carbocycles. The van der Waals surface area contributed by atoms with Crippen LogP contribution in [0.15, 0.2) is 42.5 Å². The molecule has 194 valence electrons. The number of rotatable bonds is 8. The second-order valence-corrected chi connectivity index (χ2v) is 10.9. The molecule has 0 bridgehead atoms. The molecule has 0 saturated heterocycles. The van der Waals surface area contributed by atoms with Crippen LogP contribution < -0.4 is 26.2 Å². The molecule has 2 aromatic carbocycles. The minimum Gasteiger partial charge on any atom is -0.486 e. The van der Waals surface area contributed by atoms with Gasteiger partial charge in [-0.3, -0.25) is 0 Å². The molecule has 1 fully saturated rings. The zero-order valence-electron chi connectivity index (χ0n) is 21.6. The molecule has 2 aromatic heterocycles. The smallest absolute Gasteiger partial charge is 0.336 e. The molecule has 0 spiro atoms. The van der Waals surface area contributed by atoms with Crippen molar-refractivity contribution in [1.82, 2.24) is 25.5 Å². The van der Waals surface area contributed by atoms with E-state index < -0.39 is 0 Å². The normalized spacial score (nSPS) is 13.6. The topological polar surface area (TPSA) is 110 Å². The summed E-state index contributed by atoms with van der Waals surface area (Å²) in [6.45, 7) is 6.19. The molecular weight excluding hydrogens is 486 g/mol. The van der Waals surface area contributed by atoms with Gasteiger partial charge >= 0.3 is 6.03 Å². The lowest BCUT2D eigenvalue weighted by Crippen LogP contribution is -2.49. The number of carbonyl (C=O) groups is 1. The van der Waals surface area contributed by atoms with Crippen molar-refractivity contribution in [3.05, 3.63) is 52.5 Å². The van der Waals surface area contributed by atoms with Crippen molar-refractivity contribution >= 4 is 39.6 Å². The van der Waals surface area contributed by atoms with Crippen LogP contribution in [0.4, 0.5) is 16.2 Å². The molecule has 4 aromatic rings. The molecule has 4 N–H and O–H groups in total. The number of nitrogens with zero attached hydrogens (tertiary/aromatic N) is 4. The summed E-state index contributed by atoms with van der Waals surface area (Å²) >= 11 is 1.54. The van der Waals surface area contributed by atoms with Gasteiger partial charge in [-0.05, 0) is 64.3 Å². The maximum absolute atomic E-state index is 12.6. The van der Waals surface area contributed by atoms with Crippen LogP contribution in [0.1, 0.15) is 49.2 Å². The van der Waals surface area contributed by atoms with Crippen molar-refractivity contribution in [2.24, 2.45) is 0 Å². The fraction of sp³-hybridized carbons (Fsp3) is 0.370. The van der Waals surface area contributed by atoms with Gasteiger partial charge in [0.2, 0.25) is 0 Å². The van der Waals surface area contributed by atoms with Crippen molar-refractivity contribution in [3.63, 3.8) is 0 Å². The average Bonchev–Trinajstić information content (AvgIpc) is 3.38. The first kappa shape index (κ1) is 25.0. The van der Waals surface area contributed by atoms with Crippen LogP contribution in [-0.2, 0) is 6.61 Å². The number of benzene rings is 2. The van der Waals surface area contributed by atoms with E-state index >= 15 is 0 Å². The number of amides is 2. The number of aromatic nitrogens is 3. The van der Waals surface area contributed by atoms with Crippen molar-refractivity contribution in [2.75, 3.05) is 17.8 Å². The number of nitrogens with one attached hydrogen (secondary N) is 2. The number of ether oxygens (including phenoxy) is 1. The number of carbonyl (C=O) groups excluding carboxylic acids is 1. The Hall–Kier alpha value is -3.63. The third kappa shape index (κ3) is 4.99. The summed E-state index contributed by atoms with van der Waals surface area (Å²) in [4.78, 5) is 12.6. The van der Waals surface area contributed by atoms with E-state index in [2.05, 4.69) is 31.6 Å². The molecule has 0 aliphatic heterocycles. The predicted octanol–water partition coefficient (Wildman–Crippen LogP) is 5.41. The number of hydrazine groups is 1. The van der Waals surface area contributed by atoms with Crippen molar-refractivity contribution < 1.29 is 9.53 Å². The van der Waals surface area contributed by atoms with E-state index in [1.165, 1.54) is 22.8 Å². The average molecular weight is 520 g/mol. The summed E-state index contributed by atoms with van der Waals surface area (Å²) < 4.78 is 8.43. The summed E-state index contributed by atoms with van der Waals surface area (Å²) in [6.07, 6.45) is 3.44. The number of hydrogen-bond donors (Lipinski definition) is 3. The Kier molecular flexibility index (Phi) is 7.03. The summed E-state index contributed by atoms with van der Waals surface area (Å²) in [5, 5.41) is 15.4. The quantitative estimate of drug-likeness (QED) is 0.268. The summed E-state index contributed by atoms with van der Waals surface area (Å²) in [7, 11) is 1.73. The lowest BCUT2D eigenvalue weighted by Gasteiger charge is -2.30. The number of hydrogen-bond acceptors (Lipinski definition) is 7. The van der Waals surface area contributed by atoms with Gasteiger partial charge in [0, 0.05) is 36.1 Å². The van der Waals surface area contributed by atoms with E-state index in [1.807, 2.05) is 57.2 Å². The van der Waals surface area contributed by atoms with E-state index in [0.717, 1.165) is 62.1 Å². The lowest BCUT2D eigenvalue weighted by molar-refractivity contribution is 0.242. The second-order valence-electron chi connectivity index (χ2n) is 9.61. The number of aryl methyl sites for hydroxylation is 1. The predicted molar refractivity (Wildman–Crippen MR) is 149 cm³/mol. The maximum Gasteiger partial charge on any atom is 0.336 e. The minimum atomic E-state index is -0.204. The van der Waals surface area contributed by atoms with Crippen LogP contribution >= 0.6 is 11.3 Å². The molecule has 2 heterocycles. The van der Waals surface area contributed by atoms with Crippen LogP contribution in [0.3, 0.4) is 0 Å². The molecule has 0 unspecified atom stereocenters. The Bertz CT molecular complexity index is 1410. The molecule has 37 heavy (non-hydrogen) atoms. The van der Waals surface area contributed by atoms with E-state index in [1.54, 1.807) is 7.05 Å². The maximum atomic E-state index is 12.6. The number of urea groups is 1. The fourth-order valence-corrected chi connectivity index (χ4v) is 5.32. The van der Waals surface area contributed by atoms with Crippen LogP contribution in [-0.4, -0.2) is 33.9 Å². The van der Waals surface area contributed by atoms with Gasteiger partial charge in [0.05, 0.1) is 22.6 Å². The fourth-order valence-electron chi connectivity index (χ4n) is 4.69. The van der Waals surface area contributed by atoms with Gasteiger partial charge in [-0.2, -0.15) is 0 Å². The van der Waals surface area contributed by atoms with E-state index in [9.17, 15) is 4.79 Å². The standard InChI is InChI=1S/C27H33N7O2S/c1-16(2)30-27(35)34(29-4)20-10-8-18(9-11-20)26-25(28)22-13-12-21(36-15-24-32-31-17(3)37-24)14-23(22)33(26)19-6-5-7-19/h8-14,16,19,29H,5-7,15,28H2,1-4H3,(H,30,35). The number of anilines is 2. The van der Waals surface area contributed by atoms with Gasteiger partial charge in [0.15, 0.2) is 5.01 Å².